The average Bonchev–Trinajstić information content (AvgIpc) is 2.98. The van der Waals surface area contributed by atoms with Crippen molar-refractivity contribution in [1.82, 2.24) is 24.0 Å². The zero-order chi connectivity index (χ0) is 18.6. The van der Waals surface area contributed by atoms with Gasteiger partial charge in [-0.05, 0) is 13.3 Å². The quantitative estimate of drug-likeness (QED) is 0.717. The number of fused-ring (bicyclic) bond motifs is 1. The third-order valence-corrected chi connectivity index (χ3v) is 4.43. The van der Waals surface area contributed by atoms with E-state index in [0.29, 0.717) is 0 Å². The molecule has 0 radical (unpaired) electrons. The van der Waals surface area contributed by atoms with Crippen molar-refractivity contribution in [3.63, 3.8) is 0 Å². The molecule has 0 aliphatic carbocycles. The number of carbonyl (C=O) groups is 1. The van der Waals surface area contributed by atoms with Crippen LogP contribution in [0.1, 0.15) is 46.0 Å². The number of aromatic nitrogens is 4. The molecule has 1 amide bonds. The van der Waals surface area contributed by atoms with E-state index < -0.39 is 11.2 Å². The number of unbranched alkanes of at least 4 members (excludes halogenated alkanes) is 3. The van der Waals surface area contributed by atoms with Crippen molar-refractivity contribution in [3.05, 3.63) is 27.2 Å². The Morgan fingerprint density at radius 3 is 2.60 bits per heavy atom. The minimum atomic E-state index is -0.448. The fourth-order valence-corrected chi connectivity index (χ4v) is 2.94. The van der Waals surface area contributed by atoms with Gasteiger partial charge >= 0.3 is 5.69 Å². The molecule has 2 aromatic heterocycles. The van der Waals surface area contributed by atoms with Crippen molar-refractivity contribution >= 4 is 17.1 Å². The Bertz CT molecular complexity index is 862. The van der Waals surface area contributed by atoms with Gasteiger partial charge in [0.25, 0.3) is 5.56 Å². The van der Waals surface area contributed by atoms with Crippen LogP contribution in [0.3, 0.4) is 0 Å². The minimum Gasteiger partial charge on any atom is -0.352 e. The third kappa shape index (κ3) is 4.18. The lowest BCUT2D eigenvalue weighted by molar-refractivity contribution is -0.122. The number of hydrogen-bond donors (Lipinski definition) is 1. The topological polar surface area (TPSA) is 90.9 Å². The van der Waals surface area contributed by atoms with Crippen LogP contribution in [0.4, 0.5) is 0 Å². The molecule has 138 valence electrons. The highest BCUT2D eigenvalue weighted by molar-refractivity contribution is 5.79. The molecule has 0 aliphatic heterocycles. The molecule has 1 N–H and O–H groups in total. The van der Waals surface area contributed by atoms with Crippen LogP contribution in [0.5, 0.6) is 0 Å². The maximum atomic E-state index is 12.3. The van der Waals surface area contributed by atoms with Crippen LogP contribution in [0, 0.1) is 0 Å². The monoisotopic (exact) mass is 349 g/mol. The Kier molecular flexibility index (Phi) is 6.17. The van der Waals surface area contributed by atoms with Crippen molar-refractivity contribution in [2.24, 2.45) is 14.1 Å². The van der Waals surface area contributed by atoms with Gasteiger partial charge in [-0.2, -0.15) is 0 Å². The van der Waals surface area contributed by atoms with Crippen LogP contribution < -0.4 is 16.6 Å². The number of hydrogen-bond acceptors (Lipinski definition) is 4. The van der Waals surface area contributed by atoms with Crippen LogP contribution in [0.2, 0.25) is 0 Å². The second-order valence-corrected chi connectivity index (χ2v) is 6.57. The standard InChI is InChI=1S/C17H27N5O3/c1-5-6-7-8-9-12(2)19-13(23)10-22-11-18-15-14(22)16(24)21(4)17(25)20(15)3/h11-12H,5-10H2,1-4H3,(H,19,23)/t12-/m0/s1. The molecule has 8 heteroatoms. The van der Waals surface area contributed by atoms with E-state index in [9.17, 15) is 14.4 Å². The van der Waals surface area contributed by atoms with Crippen LogP contribution in [-0.2, 0) is 25.4 Å². The molecule has 0 unspecified atom stereocenters. The molecular formula is C17H27N5O3. The summed E-state index contributed by atoms with van der Waals surface area (Å²) in [5.41, 5.74) is -0.340. The highest BCUT2D eigenvalue weighted by Gasteiger charge is 2.16. The van der Waals surface area contributed by atoms with E-state index in [0.717, 1.165) is 17.4 Å². The molecular weight excluding hydrogens is 322 g/mol. The van der Waals surface area contributed by atoms with Crippen LogP contribution >= 0.6 is 0 Å². The van der Waals surface area contributed by atoms with Gasteiger partial charge in [-0.3, -0.25) is 18.7 Å². The molecule has 0 fully saturated rings. The van der Waals surface area contributed by atoms with E-state index in [2.05, 4.69) is 17.2 Å². The predicted octanol–water partition coefficient (Wildman–Crippen LogP) is 0.909. The van der Waals surface area contributed by atoms with E-state index in [4.69, 9.17) is 0 Å². The van der Waals surface area contributed by atoms with Gasteiger partial charge in [-0.25, -0.2) is 9.78 Å². The summed E-state index contributed by atoms with van der Waals surface area (Å²) in [5, 5.41) is 2.95. The van der Waals surface area contributed by atoms with Crippen molar-refractivity contribution in [2.45, 2.75) is 58.5 Å². The summed E-state index contributed by atoms with van der Waals surface area (Å²) in [7, 11) is 2.97. The molecule has 0 bridgehead atoms. The molecule has 0 aliphatic rings. The number of aryl methyl sites for hydroxylation is 1. The Hall–Kier alpha value is -2.38. The van der Waals surface area contributed by atoms with Crippen LogP contribution in [-0.4, -0.2) is 30.6 Å². The van der Waals surface area contributed by atoms with E-state index in [-0.39, 0.29) is 29.7 Å². The fraction of sp³-hybridized carbons (Fsp3) is 0.647. The van der Waals surface area contributed by atoms with Crippen LogP contribution in [0.15, 0.2) is 15.9 Å². The first-order valence-corrected chi connectivity index (χ1v) is 8.77. The first-order chi connectivity index (χ1) is 11.9. The molecule has 1 atom stereocenters. The van der Waals surface area contributed by atoms with E-state index >= 15 is 0 Å². The van der Waals surface area contributed by atoms with E-state index in [1.165, 1.54) is 41.8 Å². The zero-order valence-corrected chi connectivity index (χ0v) is 15.4. The molecule has 2 heterocycles. The van der Waals surface area contributed by atoms with Gasteiger partial charge in [0, 0.05) is 20.1 Å². The van der Waals surface area contributed by atoms with Gasteiger partial charge < -0.3 is 9.88 Å². The summed E-state index contributed by atoms with van der Waals surface area (Å²) < 4.78 is 3.83. The number of nitrogens with one attached hydrogen (secondary N) is 1. The third-order valence-electron chi connectivity index (χ3n) is 4.43. The lowest BCUT2D eigenvalue weighted by Gasteiger charge is -2.14. The Labute approximate surface area is 146 Å². The second kappa shape index (κ2) is 8.13. The number of rotatable bonds is 8. The van der Waals surface area contributed by atoms with Gasteiger partial charge in [-0.15, -0.1) is 0 Å². The first kappa shape index (κ1) is 19.0. The Morgan fingerprint density at radius 2 is 1.92 bits per heavy atom. The van der Waals surface area contributed by atoms with Crippen LogP contribution in [0.25, 0.3) is 11.2 Å². The first-order valence-electron chi connectivity index (χ1n) is 8.77. The highest BCUT2D eigenvalue weighted by Crippen LogP contribution is 2.07. The lowest BCUT2D eigenvalue weighted by Crippen LogP contribution is -2.38. The lowest BCUT2D eigenvalue weighted by atomic mass is 10.1. The molecule has 0 spiro atoms. The van der Waals surface area contributed by atoms with Gasteiger partial charge in [0.1, 0.15) is 6.54 Å². The molecule has 8 nitrogen and oxygen atoms in total. The number of nitrogens with zero attached hydrogens (tertiary/aromatic N) is 4. The normalized spacial score (nSPS) is 12.5. The fourth-order valence-electron chi connectivity index (χ4n) is 2.94. The number of carbonyl (C=O) groups excluding carboxylic acids is 1. The molecule has 0 saturated heterocycles. The average molecular weight is 349 g/mol. The zero-order valence-electron chi connectivity index (χ0n) is 15.4. The summed E-state index contributed by atoms with van der Waals surface area (Å²) >= 11 is 0. The van der Waals surface area contributed by atoms with Crippen molar-refractivity contribution in [1.29, 1.82) is 0 Å². The van der Waals surface area contributed by atoms with E-state index in [1.807, 2.05) is 6.92 Å². The second-order valence-electron chi connectivity index (χ2n) is 6.57. The predicted molar refractivity (Wildman–Crippen MR) is 96.6 cm³/mol. The van der Waals surface area contributed by atoms with Gasteiger partial charge in [0.15, 0.2) is 11.2 Å². The minimum absolute atomic E-state index is 0.00322. The summed E-state index contributed by atoms with van der Waals surface area (Å²) in [6, 6.07) is 0.0892. The molecule has 0 saturated carbocycles. The largest absolute Gasteiger partial charge is 0.352 e. The summed E-state index contributed by atoms with van der Waals surface area (Å²) in [5.74, 6) is -0.168. The Balaban J connectivity index is 2.09. The maximum Gasteiger partial charge on any atom is 0.332 e. The summed E-state index contributed by atoms with van der Waals surface area (Å²) in [6.45, 7) is 4.16. The number of imidazole rings is 1. The van der Waals surface area contributed by atoms with Gasteiger partial charge in [-0.1, -0.05) is 32.6 Å². The number of amides is 1. The maximum absolute atomic E-state index is 12.3. The molecule has 25 heavy (non-hydrogen) atoms. The summed E-state index contributed by atoms with van der Waals surface area (Å²) in [6.07, 6.45) is 7.03. The van der Waals surface area contributed by atoms with Crippen molar-refractivity contribution < 1.29 is 4.79 Å². The van der Waals surface area contributed by atoms with E-state index in [1.54, 1.807) is 7.05 Å². The van der Waals surface area contributed by atoms with Gasteiger partial charge in [0.05, 0.1) is 6.33 Å². The van der Waals surface area contributed by atoms with Gasteiger partial charge in [0.2, 0.25) is 5.91 Å². The van der Waals surface area contributed by atoms with Crippen molar-refractivity contribution in [3.8, 4) is 0 Å². The van der Waals surface area contributed by atoms with Crippen molar-refractivity contribution in [2.75, 3.05) is 0 Å². The highest BCUT2D eigenvalue weighted by atomic mass is 16.2. The smallest absolute Gasteiger partial charge is 0.332 e. The molecule has 2 rings (SSSR count). The summed E-state index contributed by atoms with van der Waals surface area (Å²) in [4.78, 5) is 40.7. The molecule has 2 aromatic rings. The Morgan fingerprint density at radius 1 is 1.20 bits per heavy atom. The SMILES string of the molecule is CCCCCC[C@H](C)NC(=O)Cn1cnc2c1c(=O)n(C)c(=O)n2C. The molecule has 0 aromatic carbocycles.